The number of hydrogen-bond donors (Lipinski definition) is 2. The molecule has 216 valence electrons. The number of nitrogens with zero attached hydrogens (tertiary/aromatic N) is 4. The number of halogens is 1. The van der Waals surface area contributed by atoms with Crippen molar-refractivity contribution >= 4 is 43.2 Å². The Bertz CT molecular complexity index is 1710. The third-order valence-electron chi connectivity index (χ3n) is 7.86. The van der Waals surface area contributed by atoms with Gasteiger partial charge < -0.3 is 15.4 Å². The first-order valence-electron chi connectivity index (χ1n) is 13.9. The van der Waals surface area contributed by atoms with Crippen molar-refractivity contribution in [1.82, 2.24) is 19.9 Å². The SMILES string of the molecule is COc1ccc(S(=O)(=O)CC2CC[C@H](Nc3nc(NCC4CC4)nc(C)c3-c3nc4c(C)nccc4s3)C2)cc1F. The minimum absolute atomic E-state index is 0.0204. The summed E-state index contributed by atoms with van der Waals surface area (Å²) in [6.45, 7) is 4.77. The maximum atomic E-state index is 14.2. The molecule has 0 amide bonds. The fourth-order valence-corrected chi connectivity index (χ4v) is 8.24. The van der Waals surface area contributed by atoms with Gasteiger partial charge in [0.1, 0.15) is 16.3 Å². The molecular weight excluding hydrogens is 563 g/mol. The number of aromatic nitrogens is 4. The molecule has 6 rings (SSSR count). The second-order valence-corrected chi connectivity index (χ2v) is 14.1. The van der Waals surface area contributed by atoms with E-state index in [1.165, 1.54) is 32.1 Å². The maximum Gasteiger partial charge on any atom is 0.224 e. The van der Waals surface area contributed by atoms with Gasteiger partial charge in [0.05, 0.1) is 39.4 Å². The van der Waals surface area contributed by atoms with Gasteiger partial charge in [-0.2, -0.15) is 4.98 Å². The predicted octanol–water partition coefficient (Wildman–Crippen LogP) is 5.79. The van der Waals surface area contributed by atoms with Gasteiger partial charge in [-0.25, -0.2) is 22.8 Å². The molecule has 2 aliphatic rings. The molecule has 2 atom stereocenters. The zero-order valence-electron chi connectivity index (χ0n) is 23.3. The number of anilines is 2. The second kappa shape index (κ2) is 11.1. The Morgan fingerprint density at radius 2 is 1.85 bits per heavy atom. The third-order valence-corrected chi connectivity index (χ3v) is 10.8. The van der Waals surface area contributed by atoms with Crippen LogP contribution in [-0.4, -0.2) is 53.8 Å². The zero-order chi connectivity index (χ0) is 28.7. The summed E-state index contributed by atoms with van der Waals surface area (Å²) in [5.41, 5.74) is 3.42. The molecule has 0 spiro atoms. The van der Waals surface area contributed by atoms with Gasteiger partial charge in [-0.1, -0.05) is 0 Å². The Labute approximate surface area is 242 Å². The molecule has 2 saturated carbocycles. The number of fused-ring (bicyclic) bond motifs is 1. The fraction of sp³-hybridized carbons (Fsp3) is 0.448. The lowest BCUT2D eigenvalue weighted by Gasteiger charge is -2.18. The molecule has 3 heterocycles. The lowest BCUT2D eigenvalue weighted by Crippen LogP contribution is -2.21. The third kappa shape index (κ3) is 5.99. The largest absolute Gasteiger partial charge is 0.494 e. The molecule has 3 aromatic heterocycles. The molecule has 0 aliphatic heterocycles. The van der Waals surface area contributed by atoms with Crippen molar-refractivity contribution in [1.29, 1.82) is 0 Å². The van der Waals surface area contributed by atoms with Crippen LogP contribution in [0.1, 0.15) is 43.5 Å². The summed E-state index contributed by atoms with van der Waals surface area (Å²) in [6, 6.07) is 5.80. The van der Waals surface area contributed by atoms with Crippen molar-refractivity contribution in [3.8, 4) is 16.3 Å². The minimum atomic E-state index is -3.65. The van der Waals surface area contributed by atoms with Crippen LogP contribution in [0.4, 0.5) is 16.2 Å². The maximum absolute atomic E-state index is 14.2. The van der Waals surface area contributed by atoms with E-state index in [1.54, 1.807) is 17.5 Å². The van der Waals surface area contributed by atoms with Crippen molar-refractivity contribution in [2.45, 2.75) is 56.9 Å². The number of pyridine rings is 1. The summed E-state index contributed by atoms with van der Waals surface area (Å²) < 4.78 is 46.4. The number of ether oxygens (including phenoxy) is 1. The quantitative estimate of drug-likeness (QED) is 0.234. The molecule has 1 unspecified atom stereocenters. The number of sulfone groups is 1. The second-order valence-electron chi connectivity index (χ2n) is 11.0. The molecule has 2 N–H and O–H groups in total. The van der Waals surface area contributed by atoms with Gasteiger partial charge in [0.25, 0.3) is 0 Å². The minimum Gasteiger partial charge on any atom is -0.494 e. The first-order chi connectivity index (χ1) is 19.7. The molecule has 9 nitrogen and oxygen atoms in total. The molecule has 0 radical (unpaired) electrons. The Morgan fingerprint density at radius 1 is 1.05 bits per heavy atom. The summed E-state index contributed by atoms with van der Waals surface area (Å²) in [7, 11) is -2.30. The number of benzene rings is 1. The zero-order valence-corrected chi connectivity index (χ0v) is 24.9. The van der Waals surface area contributed by atoms with Crippen LogP contribution in [0, 0.1) is 31.5 Å². The number of rotatable bonds is 10. The number of methoxy groups -OCH3 is 1. The Morgan fingerprint density at radius 3 is 2.59 bits per heavy atom. The molecule has 2 fully saturated rings. The van der Waals surface area contributed by atoms with Gasteiger partial charge >= 0.3 is 0 Å². The standard InChI is InChI=1S/C29H33FN6O3S2/c1-16-25(28-35-26-17(2)31-11-10-24(26)40-28)27(36-29(33-16)32-14-18-4-5-18)34-20-7-6-19(12-20)15-41(37,38)21-8-9-23(39-3)22(30)13-21/h8-11,13,18-20H,4-7,12,14-15H2,1-3H3,(H2,32,33,34,36)/t19?,20-/m0/s1. The highest BCUT2D eigenvalue weighted by atomic mass is 32.2. The van der Waals surface area contributed by atoms with E-state index in [9.17, 15) is 12.8 Å². The number of hydrogen-bond acceptors (Lipinski definition) is 10. The highest BCUT2D eigenvalue weighted by Gasteiger charge is 2.31. The van der Waals surface area contributed by atoms with Crippen LogP contribution in [0.3, 0.4) is 0 Å². The molecule has 12 heteroatoms. The van der Waals surface area contributed by atoms with E-state index in [1.807, 2.05) is 19.9 Å². The molecule has 4 aromatic rings. The highest BCUT2D eigenvalue weighted by molar-refractivity contribution is 7.91. The van der Waals surface area contributed by atoms with Crippen LogP contribution in [0.25, 0.3) is 20.8 Å². The van der Waals surface area contributed by atoms with Crippen molar-refractivity contribution < 1.29 is 17.5 Å². The van der Waals surface area contributed by atoms with Crippen LogP contribution in [0.15, 0.2) is 35.4 Å². The first kappa shape index (κ1) is 27.8. The summed E-state index contributed by atoms with van der Waals surface area (Å²) in [5.74, 6) is 1.20. The van der Waals surface area contributed by atoms with E-state index in [4.69, 9.17) is 19.7 Å². The highest BCUT2D eigenvalue weighted by Crippen LogP contribution is 2.39. The van der Waals surface area contributed by atoms with Gasteiger partial charge in [0.2, 0.25) is 5.95 Å². The molecule has 41 heavy (non-hydrogen) atoms. The molecule has 0 bridgehead atoms. The summed E-state index contributed by atoms with van der Waals surface area (Å²) in [4.78, 5) is 18.9. The fourth-order valence-electron chi connectivity index (χ4n) is 5.46. The summed E-state index contributed by atoms with van der Waals surface area (Å²) >= 11 is 1.58. The lowest BCUT2D eigenvalue weighted by atomic mass is 10.1. The van der Waals surface area contributed by atoms with Gasteiger partial charge in [-0.3, -0.25) is 4.98 Å². The Kier molecular flexibility index (Phi) is 7.54. The molecule has 1 aromatic carbocycles. The average Bonchev–Trinajstić information content (AvgIpc) is 3.51. The lowest BCUT2D eigenvalue weighted by molar-refractivity contribution is 0.385. The van der Waals surface area contributed by atoms with E-state index < -0.39 is 15.7 Å². The van der Waals surface area contributed by atoms with E-state index in [2.05, 4.69) is 15.6 Å². The van der Waals surface area contributed by atoms with Gasteiger partial charge in [0, 0.05) is 18.8 Å². The molecule has 0 saturated heterocycles. The van der Waals surface area contributed by atoms with Gasteiger partial charge in [-0.05, 0) is 82.1 Å². The first-order valence-corrected chi connectivity index (χ1v) is 16.3. The number of nitrogens with one attached hydrogen (secondary N) is 2. The van der Waals surface area contributed by atoms with E-state index >= 15 is 0 Å². The van der Waals surface area contributed by atoms with Crippen LogP contribution in [0.5, 0.6) is 5.75 Å². The van der Waals surface area contributed by atoms with E-state index in [0.29, 0.717) is 24.1 Å². The van der Waals surface area contributed by atoms with Crippen LogP contribution < -0.4 is 15.4 Å². The smallest absolute Gasteiger partial charge is 0.224 e. The summed E-state index contributed by atoms with van der Waals surface area (Å²) in [6.07, 6.45) is 6.45. The van der Waals surface area contributed by atoms with Crippen molar-refractivity contribution in [3.05, 3.63) is 47.7 Å². The summed E-state index contributed by atoms with van der Waals surface area (Å²) in [5, 5.41) is 7.83. The Balaban J connectivity index is 1.24. The monoisotopic (exact) mass is 596 g/mol. The normalized spacial score (nSPS) is 19.0. The van der Waals surface area contributed by atoms with Crippen LogP contribution in [0.2, 0.25) is 0 Å². The average molecular weight is 597 g/mol. The van der Waals surface area contributed by atoms with Crippen LogP contribution >= 0.6 is 11.3 Å². The van der Waals surface area contributed by atoms with Gasteiger partial charge in [0.15, 0.2) is 21.4 Å². The molecule has 2 aliphatic carbocycles. The van der Waals surface area contributed by atoms with E-state index in [-0.39, 0.29) is 28.4 Å². The molecular formula is C29H33FN6O3S2. The van der Waals surface area contributed by atoms with E-state index in [0.717, 1.165) is 57.6 Å². The Hall–Kier alpha value is -3.38. The predicted molar refractivity (Wildman–Crippen MR) is 159 cm³/mol. The number of aryl methyl sites for hydroxylation is 2. The van der Waals surface area contributed by atoms with Crippen molar-refractivity contribution in [2.24, 2.45) is 11.8 Å². The topological polar surface area (TPSA) is 119 Å². The number of thiazole rings is 1. The van der Waals surface area contributed by atoms with Gasteiger partial charge in [-0.15, -0.1) is 11.3 Å². The van der Waals surface area contributed by atoms with Crippen molar-refractivity contribution in [2.75, 3.05) is 30.0 Å². The van der Waals surface area contributed by atoms with Crippen molar-refractivity contribution in [3.63, 3.8) is 0 Å². The van der Waals surface area contributed by atoms with Crippen LogP contribution in [-0.2, 0) is 9.84 Å².